The first-order valence-corrected chi connectivity index (χ1v) is 4.93. The van der Waals surface area contributed by atoms with E-state index < -0.39 is 10.1 Å². The zero-order valence-electron chi connectivity index (χ0n) is 10.1. The van der Waals surface area contributed by atoms with E-state index in [1.165, 1.54) is 12.1 Å². The summed E-state index contributed by atoms with van der Waals surface area (Å²) in [7, 11) is -3.02. The first kappa shape index (κ1) is 16.8. The molecular weight excluding hydrogens is 232 g/mol. The van der Waals surface area contributed by atoms with Gasteiger partial charge in [-0.2, -0.15) is 8.42 Å². The Bertz CT molecular complexity index is 353. The molecule has 0 spiro atoms. The number of hydrogen-bond acceptors (Lipinski definition) is 3. The maximum atomic E-state index is 10.5. The molecule has 1 aromatic rings. The Hall–Kier alpha value is 0.350. The fraction of sp³-hybridized carbons (Fsp3) is 0.250. The predicted molar refractivity (Wildman–Crippen MR) is 57.1 cm³/mol. The first-order valence-electron chi connectivity index (χ1n) is 3.49. The molecular formula is C8H14CaO4S. The largest absolute Gasteiger partial charge is 2.00 e. The summed E-state index contributed by atoms with van der Waals surface area (Å²) in [5.41, 5.74) is 0.956. The van der Waals surface area contributed by atoms with Crippen molar-refractivity contribution in [3.05, 3.63) is 29.8 Å². The Balaban J connectivity index is -0.000000136. The van der Waals surface area contributed by atoms with E-state index in [0.29, 0.717) is 0 Å². The molecule has 0 saturated carbocycles. The molecule has 14 heavy (non-hydrogen) atoms. The van der Waals surface area contributed by atoms with Crippen LogP contribution >= 0.6 is 0 Å². The monoisotopic (exact) mass is 246 g/mol. The summed E-state index contributed by atoms with van der Waals surface area (Å²) in [6.45, 7) is 1.84. The zero-order chi connectivity index (χ0) is 10.5. The Kier molecular flexibility index (Phi) is 9.12. The van der Waals surface area contributed by atoms with Gasteiger partial charge in [-0.15, -0.1) is 0 Å². The number of hydrogen-bond donors (Lipinski definition) is 2. The van der Waals surface area contributed by atoms with Crippen LogP contribution in [0.3, 0.4) is 0 Å². The summed E-state index contributed by atoms with van der Waals surface area (Å²) < 4.78 is 29.6. The molecule has 0 aliphatic rings. The topological polar surface area (TPSA) is 74.6 Å². The molecule has 0 aliphatic carbocycles. The summed E-state index contributed by atoms with van der Waals surface area (Å²) in [6, 6.07) is 5.99. The van der Waals surface area contributed by atoms with E-state index in [9.17, 15) is 8.42 Å². The Morgan fingerprint density at radius 3 is 1.79 bits per heavy atom. The molecule has 0 atom stereocenters. The van der Waals surface area contributed by atoms with E-state index in [4.69, 9.17) is 9.66 Å². The van der Waals surface area contributed by atoms with Crippen molar-refractivity contribution in [1.82, 2.24) is 0 Å². The average Bonchev–Trinajstić information content (AvgIpc) is 2.07. The molecule has 1 aromatic carbocycles. The molecule has 0 bridgehead atoms. The van der Waals surface area contributed by atoms with Gasteiger partial charge in [-0.05, 0) is 19.1 Å². The van der Waals surface area contributed by atoms with Crippen LogP contribution in [0.25, 0.3) is 0 Å². The minimum Gasteiger partial charge on any atom is -1.00 e. The third-order valence-electron chi connectivity index (χ3n) is 1.32. The van der Waals surface area contributed by atoms with Crippen LogP contribution in [-0.2, 0) is 10.1 Å². The van der Waals surface area contributed by atoms with Gasteiger partial charge in [0.2, 0.25) is 0 Å². The first-order chi connectivity index (χ1) is 6.00. The third-order valence-corrected chi connectivity index (χ3v) is 2.19. The predicted octanol–water partition coefficient (Wildman–Crippen LogP) is 0.694. The standard InChI is InChI=1S/C7H8O3S.CH4O.Ca.2H/c1-6-2-4-7(5-3-6)11(8,9)10;1-2;;;/h2-5H,1H3,(H,8,9,10);2H,1H3;;;/q;;+2;2*-1. The smallest absolute Gasteiger partial charge is 1.00 e. The second-order valence-corrected chi connectivity index (χ2v) is 3.71. The molecule has 0 amide bonds. The van der Waals surface area contributed by atoms with Gasteiger partial charge in [-0.3, -0.25) is 4.55 Å². The van der Waals surface area contributed by atoms with Crippen LogP contribution in [0.2, 0.25) is 0 Å². The Labute approximate surface area is 117 Å². The molecule has 0 aromatic heterocycles. The van der Waals surface area contributed by atoms with Crippen molar-refractivity contribution in [3.8, 4) is 0 Å². The van der Waals surface area contributed by atoms with Gasteiger partial charge in [0.05, 0.1) is 4.90 Å². The molecule has 2 N–H and O–H groups in total. The van der Waals surface area contributed by atoms with E-state index in [1.807, 2.05) is 6.92 Å². The summed E-state index contributed by atoms with van der Waals surface area (Å²) in [5.74, 6) is 0. The van der Waals surface area contributed by atoms with Crippen molar-refractivity contribution < 1.29 is 20.9 Å². The van der Waals surface area contributed by atoms with Crippen LogP contribution in [-0.4, -0.2) is 62.9 Å². The van der Waals surface area contributed by atoms with E-state index in [2.05, 4.69) is 0 Å². The number of rotatable bonds is 1. The van der Waals surface area contributed by atoms with Crippen LogP contribution in [0, 0.1) is 6.92 Å². The summed E-state index contributed by atoms with van der Waals surface area (Å²) >= 11 is 0. The fourth-order valence-corrected chi connectivity index (χ4v) is 1.19. The molecule has 0 fully saturated rings. The van der Waals surface area contributed by atoms with Gasteiger partial charge in [0, 0.05) is 7.11 Å². The van der Waals surface area contributed by atoms with E-state index >= 15 is 0 Å². The SMILES string of the molecule is CO.Cc1ccc(S(=O)(=O)O)cc1.[Ca+2].[H-].[H-]. The van der Waals surface area contributed by atoms with Crippen molar-refractivity contribution in [2.45, 2.75) is 11.8 Å². The molecule has 0 aliphatic heterocycles. The number of aliphatic hydroxyl groups excluding tert-OH is 1. The molecule has 0 heterocycles. The molecule has 6 heteroatoms. The van der Waals surface area contributed by atoms with E-state index in [-0.39, 0.29) is 45.5 Å². The Morgan fingerprint density at radius 2 is 1.50 bits per heavy atom. The van der Waals surface area contributed by atoms with Crippen LogP contribution in [0.15, 0.2) is 29.2 Å². The molecule has 78 valence electrons. The van der Waals surface area contributed by atoms with Gasteiger partial charge in [0.25, 0.3) is 10.1 Å². The summed E-state index contributed by atoms with van der Waals surface area (Å²) in [5, 5.41) is 7.00. The normalized spacial score (nSPS) is 9.43. The maximum absolute atomic E-state index is 10.5. The van der Waals surface area contributed by atoms with Crippen molar-refractivity contribution in [2.75, 3.05) is 7.11 Å². The summed E-state index contributed by atoms with van der Waals surface area (Å²) in [6.07, 6.45) is 0. The fourth-order valence-electron chi connectivity index (χ4n) is 0.710. The maximum Gasteiger partial charge on any atom is 2.00 e. The van der Waals surface area contributed by atoms with Crippen molar-refractivity contribution in [3.63, 3.8) is 0 Å². The molecule has 0 unspecified atom stereocenters. The Morgan fingerprint density at radius 1 is 1.14 bits per heavy atom. The second-order valence-electron chi connectivity index (χ2n) is 2.29. The van der Waals surface area contributed by atoms with Gasteiger partial charge in [0.1, 0.15) is 0 Å². The molecule has 1 rings (SSSR count). The van der Waals surface area contributed by atoms with Crippen LogP contribution in [0.4, 0.5) is 0 Å². The van der Waals surface area contributed by atoms with Gasteiger partial charge in [0.15, 0.2) is 0 Å². The molecule has 0 saturated heterocycles. The van der Waals surface area contributed by atoms with Gasteiger partial charge >= 0.3 is 37.7 Å². The zero-order valence-corrected chi connectivity index (χ0v) is 11.2. The third kappa shape index (κ3) is 5.95. The second kappa shape index (κ2) is 7.62. The van der Waals surface area contributed by atoms with E-state index in [1.54, 1.807) is 12.1 Å². The summed E-state index contributed by atoms with van der Waals surface area (Å²) in [4.78, 5) is -0.0666. The van der Waals surface area contributed by atoms with Crippen molar-refractivity contribution in [1.29, 1.82) is 0 Å². The number of benzene rings is 1. The number of aryl methyl sites for hydroxylation is 1. The molecule has 4 nitrogen and oxygen atoms in total. The van der Waals surface area contributed by atoms with Crippen LogP contribution in [0.5, 0.6) is 0 Å². The van der Waals surface area contributed by atoms with Crippen LogP contribution in [0.1, 0.15) is 8.42 Å². The van der Waals surface area contributed by atoms with E-state index in [0.717, 1.165) is 12.7 Å². The quantitative estimate of drug-likeness (QED) is 0.565. The van der Waals surface area contributed by atoms with Crippen molar-refractivity contribution in [2.24, 2.45) is 0 Å². The van der Waals surface area contributed by atoms with Gasteiger partial charge in [-0.1, -0.05) is 17.7 Å². The van der Waals surface area contributed by atoms with Gasteiger partial charge < -0.3 is 7.96 Å². The number of aliphatic hydroxyl groups is 1. The average molecular weight is 246 g/mol. The minimum atomic E-state index is -4.02. The van der Waals surface area contributed by atoms with Gasteiger partial charge in [-0.25, -0.2) is 0 Å². The van der Waals surface area contributed by atoms with Crippen molar-refractivity contribution >= 4 is 47.9 Å². The molecule has 0 radical (unpaired) electrons. The minimum absolute atomic E-state index is 0. The van der Waals surface area contributed by atoms with Crippen LogP contribution < -0.4 is 0 Å².